The van der Waals surface area contributed by atoms with Crippen LogP contribution in [-0.2, 0) is 0 Å². The molecule has 0 spiro atoms. The lowest BCUT2D eigenvalue weighted by atomic mass is 10.3. The molecule has 1 aliphatic heterocycles. The molecule has 5 nitrogen and oxygen atoms in total. The number of amides is 2. The van der Waals surface area contributed by atoms with Crippen LogP contribution in [0.2, 0.25) is 0 Å². The van der Waals surface area contributed by atoms with E-state index in [0.29, 0.717) is 6.54 Å². The average molecular weight is 202 g/mol. The van der Waals surface area contributed by atoms with E-state index in [1.54, 1.807) is 0 Å². The zero-order chi connectivity index (χ0) is 10.6. The standard InChI is InChI=1S/C9H18N2O3/c1-2-3-4-10-9(14)11-5-7(12)8(13)6-11/h7-8,12-13H,2-6H2,1H3,(H,10,14). The summed E-state index contributed by atoms with van der Waals surface area (Å²) in [4.78, 5) is 12.8. The second-order valence-electron chi connectivity index (χ2n) is 3.63. The van der Waals surface area contributed by atoms with E-state index in [0.717, 1.165) is 12.8 Å². The third-order valence-electron chi connectivity index (χ3n) is 2.35. The molecule has 0 aromatic rings. The highest BCUT2D eigenvalue weighted by molar-refractivity contribution is 5.74. The lowest BCUT2D eigenvalue weighted by Crippen LogP contribution is -2.39. The van der Waals surface area contributed by atoms with Crippen molar-refractivity contribution in [3.63, 3.8) is 0 Å². The second kappa shape index (κ2) is 5.17. The van der Waals surface area contributed by atoms with Gasteiger partial charge in [0.15, 0.2) is 0 Å². The zero-order valence-electron chi connectivity index (χ0n) is 8.44. The summed E-state index contributed by atoms with van der Waals surface area (Å²) in [5.74, 6) is 0. The summed E-state index contributed by atoms with van der Waals surface area (Å²) in [5.41, 5.74) is 0. The number of hydrogen-bond acceptors (Lipinski definition) is 3. The van der Waals surface area contributed by atoms with Gasteiger partial charge in [-0.25, -0.2) is 4.79 Å². The van der Waals surface area contributed by atoms with Crippen molar-refractivity contribution in [1.29, 1.82) is 0 Å². The minimum Gasteiger partial charge on any atom is -0.388 e. The molecule has 0 radical (unpaired) electrons. The van der Waals surface area contributed by atoms with Crippen LogP contribution in [0.4, 0.5) is 4.79 Å². The van der Waals surface area contributed by atoms with Gasteiger partial charge in [-0.2, -0.15) is 0 Å². The summed E-state index contributed by atoms with van der Waals surface area (Å²) >= 11 is 0. The molecule has 1 fully saturated rings. The molecule has 82 valence electrons. The van der Waals surface area contributed by atoms with Crippen molar-refractivity contribution in [3.8, 4) is 0 Å². The molecule has 0 aliphatic carbocycles. The van der Waals surface area contributed by atoms with Crippen molar-refractivity contribution < 1.29 is 15.0 Å². The summed E-state index contributed by atoms with van der Waals surface area (Å²) in [6.07, 6.45) is 0.384. The fourth-order valence-electron chi connectivity index (χ4n) is 1.42. The Hall–Kier alpha value is -0.810. The van der Waals surface area contributed by atoms with E-state index in [-0.39, 0.29) is 19.1 Å². The molecule has 2 amide bonds. The minimum atomic E-state index is -0.799. The zero-order valence-corrected chi connectivity index (χ0v) is 8.44. The molecular weight excluding hydrogens is 184 g/mol. The van der Waals surface area contributed by atoms with Gasteiger partial charge in [0.05, 0.1) is 25.3 Å². The molecule has 1 saturated heterocycles. The van der Waals surface area contributed by atoms with Gasteiger partial charge in [-0.05, 0) is 6.42 Å². The van der Waals surface area contributed by atoms with Gasteiger partial charge < -0.3 is 20.4 Å². The highest BCUT2D eigenvalue weighted by Crippen LogP contribution is 2.09. The van der Waals surface area contributed by atoms with Crippen molar-refractivity contribution in [1.82, 2.24) is 10.2 Å². The van der Waals surface area contributed by atoms with Crippen LogP contribution in [0.25, 0.3) is 0 Å². The summed E-state index contributed by atoms with van der Waals surface area (Å²) in [7, 11) is 0. The Bertz CT molecular complexity index is 188. The average Bonchev–Trinajstić information content (AvgIpc) is 2.47. The number of likely N-dealkylation sites (tertiary alicyclic amines) is 1. The Morgan fingerprint density at radius 2 is 2.00 bits per heavy atom. The number of carbonyl (C=O) groups excluding carboxylic acids is 1. The number of aliphatic hydroxyl groups excluding tert-OH is 2. The van der Waals surface area contributed by atoms with E-state index in [2.05, 4.69) is 12.2 Å². The first-order valence-electron chi connectivity index (χ1n) is 5.04. The monoisotopic (exact) mass is 202 g/mol. The lowest BCUT2D eigenvalue weighted by molar-refractivity contribution is 0.0572. The molecule has 0 aromatic heterocycles. The maximum atomic E-state index is 11.4. The number of carbonyl (C=O) groups is 1. The molecule has 3 N–H and O–H groups in total. The largest absolute Gasteiger partial charge is 0.388 e. The normalized spacial score (nSPS) is 26.6. The van der Waals surface area contributed by atoms with Crippen molar-refractivity contribution in [2.75, 3.05) is 19.6 Å². The van der Waals surface area contributed by atoms with Crippen LogP contribution in [0, 0.1) is 0 Å². The summed E-state index contributed by atoms with van der Waals surface area (Å²) < 4.78 is 0. The minimum absolute atomic E-state index is 0.200. The van der Waals surface area contributed by atoms with Gasteiger partial charge in [0.25, 0.3) is 0 Å². The summed E-state index contributed by atoms with van der Waals surface area (Å²) in [6, 6.07) is -0.200. The highest BCUT2D eigenvalue weighted by Gasteiger charge is 2.32. The van der Waals surface area contributed by atoms with E-state index in [9.17, 15) is 15.0 Å². The Morgan fingerprint density at radius 1 is 1.43 bits per heavy atom. The number of hydrogen-bond donors (Lipinski definition) is 3. The quantitative estimate of drug-likeness (QED) is 0.542. The number of unbranched alkanes of at least 4 members (excludes halogenated alkanes) is 1. The fraction of sp³-hybridized carbons (Fsp3) is 0.889. The molecule has 1 rings (SSSR count). The van der Waals surface area contributed by atoms with Crippen molar-refractivity contribution in [2.45, 2.75) is 32.0 Å². The van der Waals surface area contributed by atoms with Gasteiger partial charge in [-0.3, -0.25) is 0 Å². The van der Waals surface area contributed by atoms with E-state index < -0.39 is 12.2 Å². The number of rotatable bonds is 3. The number of nitrogens with zero attached hydrogens (tertiary/aromatic N) is 1. The van der Waals surface area contributed by atoms with Crippen molar-refractivity contribution >= 4 is 6.03 Å². The van der Waals surface area contributed by atoms with Crippen LogP contribution >= 0.6 is 0 Å². The van der Waals surface area contributed by atoms with Crippen LogP contribution in [0.1, 0.15) is 19.8 Å². The first-order chi connectivity index (χ1) is 6.65. The SMILES string of the molecule is CCCCNC(=O)N1CC(O)C(O)C1. The smallest absolute Gasteiger partial charge is 0.317 e. The summed E-state index contributed by atoms with van der Waals surface area (Å²) in [6.45, 7) is 3.14. The predicted molar refractivity (Wildman–Crippen MR) is 51.9 cm³/mol. The van der Waals surface area contributed by atoms with Crippen LogP contribution in [0.15, 0.2) is 0 Å². The van der Waals surface area contributed by atoms with Gasteiger partial charge in [-0.15, -0.1) is 0 Å². The van der Waals surface area contributed by atoms with E-state index in [4.69, 9.17) is 0 Å². The van der Waals surface area contributed by atoms with Crippen LogP contribution < -0.4 is 5.32 Å². The number of urea groups is 1. The number of β-amino-alcohol motifs (C(OH)–C–C–N with tert-alkyl or cyclic N) is 2. The lowest BCUT2D eigenvalue weighted by Gasteiger charge is -2.15. The maximum absolute atomic E-state index is 11.4. The van der Waals surface area contributed by atoms with Crippen LogP contribution in [0.5, 0.6) is 0 Å². The Labute approximate surface area is 83.7 Å². The topological polar surface area (TPSA) is 72.8 Å². The first-order valence-corrected chi connectivity index (χ1v) is 5.04. The van der Waals surface area contributed by atoms with Gasteiger partial charge in [0.1, 0.15) is 0 Å². The second-order valence-corrected chi connectivity index (χ2v) is 3.63. The van der Waals surface area contributed by atoms with Gasteiger partial charge in [0, 0.05) is 6.54 Å². The maximum Gasteiger partial charge on any atom is 0.317 e. The highest BCUT2D eigenvalue weighted by atomic mass is 16.3. The van der Waals surface area contributed by atoms with Crippen molar-refractivity contribution in [2.24, 2.45) is 0 Å². The Kier molecular flexibility index (Phi) is 4.16. The van der Waals surface area contributed by atoms with Crippen LogP contribution in [-0.4, -0.2) is 53.0 Å². The first kappa shape index (κ1) is 11.3. The van der Waals surface area contributed by atoms with E-state index in [1.165, 1.54) is 4.90 Å². The van der Waals surface area contributed by atoms with E-state index >= 15 is 0 Å². The molecule has 0 bridgehead atoms. The number of nitrogens with one attached hydrogen (secondary N) is 1. The van der Waals surface area contributed by atoms with Gasteiger partial charge in [0.2, 0.25) is 0 Å². The van der Waals surface area contributed by atoms with Crippen molar-refractivity contribution in [3.05, 3.63) is 0 Å². The molecule has 1 heterocycles. The van der Waals surface area contributed by atoms with Crippen LogP contribution in [0.3, 0.4) is 0 Å². The molecular formula is C9H18N2O3. The third-order valence-corrected chi connectivity index (χ3v) is 2.35. The Morgan fingerprint density at radius 3 is 2.50 bits per heavy atom. The fourth-order valence-corrected chi connectivity index (χ4v) is 1.42. The van der Waals surface area contributed by atoms with Gasteiger partial charge in [-0.1, -0.05) is 13.3 Å². The Balaban J connectivity index is 2.25. The van der Waals surface area contributed by atoms with Gasteiger partial charge >= 0.3 is 6.03 Å². The number of aliphatic hydroxyl groups is 2. The molecule has 0 aromatic carbocycles. The molecule has 0 saturated carbocycles. The molecule has 2 unspecified atom stereocenters. The van der Waals surface area contributed by atoms with E-state index in [1.807, 2.05) is 0 Å². The molecule has 1 aliphatic rings. The molecule has 2 atom stereocenters. The molecule has 5 heteroatoms. The molecule has 14 heavy (non-hydrogen) atoms. The summed E-state index contributed by atoms with van der Waals surface area (Å²) in [5, 5.41) is 21.2. The predicted octanol–water partition coefficient (Wildman–Crippen LogP) is -0.467. The third kappa shape index (κ3) is 2.85.